The highest BCUT2D eigenvalue weighted by Gasteiger charge is 2.05. The summed E-state index contributed by atoms with van der Waals surface area (Å²) in [6.45, 7) is 2.62. The number of fused-ring (bicyclic) bond motifs is 1. The van der Waals surface area contributed by atoms with Crippen molar-refractivity contribution in [3.63, 3.8) is 0 Å². The van der Waals surface area contributed by atoms with Gasteiger partial charge < -0.3 is 5.32 Å². The molecule has 90 valence electrons. The van der Waals surface area contributed by atoms with Crippen molar-refractivity contribution in [1.82, 2.24) is 24.8 Å². The van der Waals surface area contributed by atoms with Crippen LogP contribution < -0.4 is 5.32 Å². The van der Waals surface area contributed by atoms with Crippen molar-refractivity contribution in [2.75, 3.05) is 5.32 Å². The average molecular weight is 240 g/mol. The molecule has 0 fully saturated rings. The van der Waals surface area contributed by atoms with Gasteiger partial charge >= 0.3 is 0 Å². The molecule has 0 radical (unpaired) electrons. The summed E-state index contributed by atoms with van der Waals surface area (Å²) in [4.78, 5) is 8.26. The Hall–Kier alpha value is -2.50. The van der Waals surface area contributed by atoms with Gasteiger partial charge in [-0.15, -0.1) is 9.73 Å². The van der Waals surface area contributed by atoms with E-state index in [9.17, 15) is 0 Å². The van der Waals surface area contributed by atoms with Crippen LogP contribution in [0.4, 0.5) is 5.69 Å². The summed E-state index contributed by atoms with van der Waals surface area (Å²) in [5, 5.41) is 11.6. The summed E-state index contributed by atoms with van der Waals surface area (Å²) in [5.41, 5.74) is 3.65. The highest BCUT2D eigenvalue weighted by molar-refractivity contribution is 5.66. The van der Waals surface area contributed by atoms with Crippen molar-refractivity contribution in [3.8, 4) is 0 Å². The fraction of sp³-hybridized carbons (Fsp3) is 0.167. The lowest BCUT2D eigenvalue weighted by molar-refractivity contribution is 0.781. The van der Waals surface area contributed by atoms with Gasteiger partial charge in [0.1, 0.15) is 6.33 Å². The molecular formula is C12H12N6. The highest BCUT2D eigenvalue weighted by Crippen LogP contribution is 2.15. The van der Waals surface area contributed by atoms with Gasteiger partial charge in [0.25, 0.3) is 0 Å². The van der Waals surface area contributed by atoms with Crippen LogP contribution in [0, 0.1) is 6.92 Å². The first-order valence-electron chi connectivity index (χ1n) is 5.63. The molecule has 3 aromatic rings. The van der Waals surface area contributed by atoms with Crippen molar-refractivity contribution in [1.29, 1.82) is 0 Å². The first kappa shape index (κ1) is 10.6. The molecule has 0 aliphatic carbocycles. The molecule has 0 bridgehead atoms. The molecule has 0 aromatic carbocycles. The quantitative estimate of drug-likeness (QED) is 0.750. The molecule has 3 aromatic heterocycles. The van der Waals surface area contributed by atoms with E-state index < -0.39 is 0 Å². The average Bonchev–Trinajstić information content (AvgIpc) is 2.85. The van der Waals surface area contributed by atoms with Crippen molar-refractivity contribution in [2.24, 2.45) is 0 Å². The third-order valence-electron chi connectivity index (χ3n) is 2.58. The van der Waals surface area contributed by atoms with Crippen LogP contribution in [0.25, 0.3) is 5.65 Å². The second kappa shape index (κ2) is 4.40. The highest BCUT2D eigenvalue weighted by atomic mass is 15.4. The van der Waals surface area contributed by atoms with E-state index in [2.05, 4.69) is 25.5 Å². The minimum Gasteiger partial charge on any atom is -0.378 e. The number of nitrogens with zero attached hydrogens (tertiary/aromatic N) is 5. The van der Waals surface area contributed by atoms with Crippen molar-refractivity contribution < 1.29 is 0 Å². The molecule has 0 amide bonds. The van der Waals surface area contributed by atoms with Crippen molar-refractivity contribution in [3.05, 3.63) is 48.2 Å². The number of aryl methyl sites for hydroxylation is 1. The minimum atomic E-state index is 0.694. The summed E-state index contributed by atoms with van der Waals surface area (Å²) >= 11 is 0. The van der Waals surface area contributed by atoms with Crippen LogP contribution in [0.2, 0.25) is 0 Å². The Labute approximate surface area is 104 Å². The van der Waals surface area contributed by atoms with Crippen LogP contribution in [0.15, 0.2) is 36.9 Å². The summed E-state index contributed by atoms with van der Waals surface area (Å²) in [6, 6.07) is 5.90. The monoisotopic (exact) mass is 240 g/mol. The number of rotatable bonds is 3. The van der Waals surface area contributed by atoms with Crippen LogP contribution in [-0.4, -0.2) is 24.8 Å². The maximum atomic E-state index is 4.24. The van der Waals surface area contributed by atoms with Crippen molar-refractivity contribution in [2.45, 2.75) is 13.5 Å². The lowest BCUT2D eigenvalue weighted by Gasteiger charge is -2.07. The van der Waals surface area contributed by atoms with E-state index in [1.807, 2.05) is 31.3 Å². The van der Waals surface area contributed by atoms with Crippen LogP contribution in [0.5, 0.6) is 0 Å². The number of hydrogen-bond donors (Lipinski definition) is 1. The molecule has 1 N–H and O–H groups in total. The third kappa shape index (κ3) is 2.00. The SMILES string of the molecule is Cc1cc(NCc2cccnc2)c2ncnn2n1. The Morgan fingerprint density at radius 1 is 1.39 bits per heavy atom. The second-order valence-electron chi connectivity index (χ2n) is 3.99. The molecule has 3 rings (SSSR count). The minimum absolute atomic E-state index is 0.694. The van der Waals surface area contributed by atoms with E-state index in [0.29, 0.717) is 6.54 Å². The maximum Gasteiger partial charge on any atom is 0.199 e. The molecule has 6 nitrogen and oxygen atoms in total. The Balaban J connectivity index is 1.88. The summed E-state index contributed by atoms with van der Waals surface area (Å²) < 4.78 is 1.53. The van der Waals surface area contributed by atoms with E-state index >= 15 is 0 Å². The second-order valence-corrected chi connectivity index (χ2v) is 3.99. The molecule has 0 aliphatic rings. The first-order valence-corrected chi connectivity index (χ1v) is 5.63. The predicted octanol–water partition coefficient (Wildman–Crippen LogP) is 1.44. The zero-order valence-corrected chi connectivity index (χ0v) is 9.91. The molecule has 3 heterocycles. The lowest BCUT2D eigenvalue weighted by Crippen LogP contribution is -2.05. The van der Waals surface area contributed by atoms with Crippen LogP contribution >= 0.6 is 0 Å². The van der Waals surface area contributed by atoms with Gasteiger partial charge in [0.2, 0.25) is 0 Å². The van der Waals surface area contributed by atoms with Gasteiger partial charge in [-0.2, -0.15) is 5.10 Å². The van der Waals surface area contributed by atoms with Gasteiger partial charge in [-0.25, -0.2) is 4.98 Å². The molecule has 0 spiro atoms. The Morgan fingerprint density at radius 2 is 2.33 bits per heavy atom. The van der Waals surface area contributed by atoms with Gasteiger partial charge in [0, 0.05) is 18.9 Å². The van der Waals surface area contributed by atoms with Gasteiger partial charge in [-0.1, -0.05) is 6.07 Å². The number of anilines is 1. The number of nitrogens with one attached hydrogen (secondary N) is 1. The number of hydrogen-bond acceptors (Lipinski definition) is 5. The van der Waals surface area contributed by atoms with E-state index in [4.69, 9.17) is 0 Å². The Kier molecular flexibility index (Phi) is 2.60. The zero-order chi connectivity index (χ0) is 12.4. The normalized spacial score (nSPS) is 10.7. The van der Waals surface area contributed by atoms with E-state index in [1.165, 1.54) is 11.0 Å². The smallest absolute Gasteiger partial charge is 0.199 e. The van der Waals surface area contributed by atoms with Crippen LogP contribution in [0.3, 0.4) is 0 Å². The molecule has 0 atom stereocenters. The van der Waals surface area contributed by atoms with E-state index in [1.54, 1.807) is 6.20 Å². The van der Waals surface area contributed by atoms with Gasteiger partial charge in [0.05, 0.1) is 11.4 Å². The van der Waals surface area contributed by atoms with Gasteiger partial charge in [-0.05, 0) is 24.6 Å². The molecule has 18 heavy (non-hydrogen) atoms. The van der Waals surface area contributed by atoms with Crippen LogP contribution in [0.1, 0.15) is 11.3 Å². The third-order valence-corrected chi connectivity index (χ3v) is 2.58. The van der Waals surface area contributed by atoms with Crippen LogP contribution in [-0.2, 0) is 6.54 Å². The lowest BCUT2D eigenvalue weighted by atomic mass is 10.3. The number of aromatic nitrogens is 5. The Morgan fingerprint density at radius 3 is 3.17 bits per heavy atom. The number of pyridine rings is 1. The zero-order valence-electron chi connectivity index (χ0n) is 9.91. The standard InChI is InChI=1S/C12H12N6/c1-9-5-11(12-15-8-16-18(12)17-9)14-7-10-3-2-4-13-6-10/h2-6,8,14H,7H2,1H3. The van der Waals surface area contributed by atoms with E-state index in [-0.39, 0.29) is 0 Å². The van der Waals surface area contributed by atoms with Gasteiger partial charge in [-0.3, -0.25) is 4.98 Å². The molecular weight excluding hydrogens is 228 g/mol. The summed E-state index contributed by atoms with van der Waals surface area (Å²) in [5.74, 6) is 0. The fourth-order valence-electron chi connectivity index (χ4n) is 1.77. The fourth-order valence-corrected chi connectivity index (χ4v) is 1.77. The van der Waals surface area contributed by atoms with Crippen molar-refractivity contribution >= 4 is 11.3 Å². The Bertz CT molecular complexity index is 661. The molecule has 0 saturated heterocycles. The molecule has 6 heteroatoms. The predicted molar refractivity (Wildman–Crippen MR) is 67.1 cm³/mol. The summed E-state index contributed by atoms with van der Waals surface area (Å²) in [6.07, 6.45) is 5.09. The largest absolute Gasteiger partial charge is 0.378 e. The molecule has 0 unspecified atom stereocenters. The van der Waals surface area contributed by atoms with Gasteiger partial charge in [0.15, 0.2) is 5.65 Å². The first-order chi connectivity index (χ1) is 8.83. The summed E-state index contributed by atoms with van der Waals surface area (Å²) in [7, 11) is 0. The topological polar surface area (TPSA) is 68.0 Å². The molecule has 0 saturated carbocycles. The maximum absolute atomic E-state index is 4.24. The van der Waals surface area contributed by atoms with E-state index in [0.717, 1.165) is 22.6 Å². The molecule has 0 aliphatic heterocycles.